The monoisotopic (exact) mass is 470 g/mol. The fourth-order valence-electron chi connectivity index (χ4n) is 3.44. The summed E-state index contributed by atoms with van der Waals surface area (Å²) in [5.74, 6) is -0.355. The Balaban J connectivity index is 0.000000145. The van der Waals surface area contributed by atoms with Gasteiger partial charge in [-0.1, -0.05) is 24.3 Å². The summed E-state index contributed by atoms with van der Waals surface area (Å²) in [7, 11) is 0. The van der Waals surface area contributed by atoms with Gasteiger partial charge in [-0.25, -0.2) is 0 Å². The molecular weight excluding hydrogens is 452 g/mol. The number of nitrogens with zero attached hydrogens (tertiary/aromatic N) is 6. The molecule has 4 N–H and O–H groups in total. The minimum absolute atomic E-state index is 0.00274. The van der Waals surface area contributed by atoms with Crippen LogP contribution in [0.1, 0.15) is 0 Å². The molecule has 6 rings (SSSR count). The smallest absolute Gasteiger partial charge is 0.250 e. The highest BCUT2D eigenvalue weighted by Crippen LogP contribution is 2.26. The van der Waals surface area contributed by atoms with Crippen molar-refractivity contribution < 1.29 is 25.3 Å². The highest BCUT2D eigenvalue weighted by atomic mass is 16.5. The van der Waals surface area contributed by atoms with E-state index in [-0.39, 0.29) is 28.7 Å². The number of phenols is 4. The topological polar surface area (TPSA) is 156 Å². The molecular formula is C24H18N6O5. The lowest BCUT2D eigenvalue weighted by atomic mass is 10.3. The number of hydrogen-bond acceptors (Lipinski definition) is 8. The van der Waals surface area contributed by atoms with Crippen LogP contribution in [0.4, 0.5) is 0 Å². The molecule has 0 spiro atoms. The van der Waals surface area contributed by atoms with Crippen molar-refractivity contribution in [3.05, 3.63) is 90.1 Å². The van der Waals surface area contributed by atoms with Crippen molar-refractivity contribution >= 4 is 22.1 Å². The summed E-state index contributed by atoms with van der Waals surface area (Å²) in [5, 5.41) is 62.4. The molecule has 0 saturated carbocycles. The summed E-state index contributed by atoms with van der Waals surface area (Å²) in [6.07, 6.45) is 0. The maximum absolute atomic E-state index is 12.0. The van der Waals surface area contributed by atoms with Crippen molar-refractivity contribution in [1.82, 2.24) is 24.9 Å². The molecule has 35 heavy (non-hydrogen) atoms. The predicted octanol–water partition coefficient (Wildman–Crippen LogP) is 2.90. The van der Waals surface area contributed by atoms with Gasteiger partial charge in [-0.15, -0.1) is 19.8 Å². The van der Waals surface area contributed by atoms with Crippen LogP contribution < -0.4 is 4.85 Å². The van der Waals surface area contributed by atoms with Gasteiger partial charge >= 0.3 is 0 Å². The van der Waals surface area contributed by atoms with Gasteiger partial charge in [0.25, 0.3) is 0 Å². The van der Waals surface area contributed by atoms with Crippen molar-refractivity contribution in [3.63, 3.8) is 0 Å². The minimum atomic E-state index is -0.215. The number of aromatic nitrogens is 6. The Morgan fingerprint density at radius 1 is 0.600 bits per heavy atom. The number of fused-ring (bicyclic) bond motifs is 2. The van der Waals surface area contributed by atoms with E-state index in [1.54, 1.807) is 30.3 Å². The summed E-state index contributed by atoms with van der Waals surface area (Å²) in [4.78, 5) is 2.97. The molecule has 2 heterocycles. The van der Waals surface area contributed by atoms with Crippen LogP contribution in [-0.4, -0.2) is 45.3 Å². The molecule has 6 aromatic rings. The van der Waals surface area contributed by atoms with Gasteiger partial charge in [0.2, 0.25) is 11.0 Å². The lowest BCUT2D eigenvalue weighted by Crippen LogP contribution is -2.37. The third-order valence-electron chi connectivity index (χ3n) is 5.10. The molecule has 0 saturated heterocycles. The van der Waals surface area contributed by atoms with Crippen molar-refractivity contribution in [2.45, 2.75) is 0 Å². The zero-order valence-corrected chi connectivity index (χ0v) is 18.0. The molecule has 0 amide bonds. The molecule has 4 aromatic carbocycles. The van der Waals surface area contributed by atoms with Crippen LogP contribution >= 0.6 is 0 Å². The number of rotatable bonds is 2. The standard InChI is InChI=1S/C12H9N3O3.C12H9N3O2/c16-8-5-6-11(12(17)7-8)14-13-9-3-1-2-4-10(9)15(14)18;16-8-5-6-11(12(17)7-8)15-13-9-3-1-2-4-10(9)14-15/h1-7,16-17H;1-7,16-17H. The fourth-order valence-corrected chi connectivity index (χ4v) is 3.44. The maximum Gasteiger partial charge on any atom is 0.250 e. The van der Waals surface area contributed by atoms with E-state index in [9.17, 15) is 25.6 Å². The van der Waals surface area contributed by atoms with Crippen molar-refractivity contribution in [2.75, 3.05) is 0 Å². The Kier molecular flexibility index (Phi) is 5.26. The molecule has 0 aliphatic rings. The second kappa shape index (κ2) is 8.56. The summed E-state index contributed by atoms with van der Waals surface area (Å²) >= 11 is 0. The first kappa shape index (κ1) is 21.5. The highest BCUT2D eigenvalue weighted by Gasteiger charge is 2.18. The van der Waals surface area contributed by atoms with E-state index in [1.807, 2.05) is 24.3 Å². The van der Waals surface area contributed by atoms with Gasteiger partial charge < -0.3 is 25.6 Å². The molecule has 2 aromatic heterocycles. The normalized spacial score (nSPS) is 10.9. The number of para-hydroxylation sites is 1. The van der Waals surface area contributed by atoms with E-state index in [2.05, 4.69) is 15.3 Å². The highest BCUT2D eigenvalue weighted by molar-refractivity contribution is 5.73. The SMILES string of the molecule is Oc1ccc(-n2nc3ccccc3n2)c(O)c1.[O-][n+]1c2ccccc2nn1-c1ccc(O)cc1O. The van der Waals surface area contributed by atoms with Crippen molar-refractivity contribution in [2.24, 2.45) is 0 Å². The number of hydrogen-bond donors (Lipinski definition) is 4. The van der Waals surface area contributed by atoms with Gasteiger partial charge in [-0.3, -0.25) is 0 Å². The van der Waals surface area contributed by atoms with Crippen LogP contribution in [-0.2, 0) is 0 Å². The van der Waals surface area contributed by atoms with Gasteiger partial charge in [0.15, 0.2) is 11.4 Å². The van der Waals surface area contributed by atoms with Gasteiger partial charge in [-0.2, -0.15) is 0 Å². The second-order valence-electron chi connectivity index (χ2n) is 7.48. The number of benzene rings is 4. The largest absolute Gasteiger partial charge is 0.692 e. The van der Waals surface area contributed by atoms with E-state index in [0.29, 0.717) is 21.6 Å². The molecule has 11 nitrogen and oxygen atoms in total. The first-order chi connectivity index (χ1) is 16.9. The molecule has 174 valence electrons. The fraction of sp³-hybridized carbons (Fsp3) is 0. The Labute approximate surface area is 197 Å². The van der Waals surface area contributed by atoms with Gasteiger partial charge in [0.05, 0.1) is 5.10 Å². The predicted molar refractivity (Wildman–Crippen MR) is 126 cm³/mol. The molecule has 0 aliphatic heterocycles. The summed E-state index contributed by atoms with van der Waals surface area (Å²) in [6, 6.07) is 22.5. The Bertz CT molecular complexity index is 1640. The lowest BCUT2D eigenvalue weighted by molar-refractivity contribution is -0.664. The first-order valence-corrected chi connectivity index (χ1v) is 10.3. The Morgan fingerprint density at radius 3 is 1.66 bits per heavy atom. The molecule has 0 radical (unpaired) electrons. The number of aromatic hydroxyl groups is 4. The minimum Gasteiger partial charge on any atom is -0.692 e. The average Bonchev–Trinajstić information content (AvgIpc) is 3.41. The zero-order chi connectivity index (χ0) is 24.5. The quantitative estimate of drug-likeness (QED) is 0.222. The van der Waals surface area contributed by atoms with E-state index < -0.39 is 0 Å². The van der Waals surface area contributed by atoms with Gasteiger partial charge in [-0.05, 0) is 53.3 Å². The van der Waals surface area contributed by atoms with Crippen LogP contribution in [0.15, 0.2) is 84.9 Å². The van der Waals surface area contributed by atoms with Crippen LogP contribution in [0, 0.1) is 5.21 Å². The van der Waals surface area contributed by atoms with E-state index in [0.717, 1.165) is 21.9 Å². The molecule has 11 heteroatoms. The molecule has 0 atom stereocenters. The first-order valence-electron chi connectivity index (χ1n) is 10.3. The molecule has 0 fully saturated rings. The van der Waals surface area contributed by atoms with Crippen LogP contribution in [0.5, 0.6) is 23.0 Å². The van der Waals surface area contributed by atoms with Crippen LogP contribution in [0.2, 0.25) is 0 Å². The van der Waals surface area contributed by atoms with Crippen molar-refractivity contribution in [1.29, 1.82) is 0 Å². The molecule has 0 unspecified atom stereocenters. The second-order valence-corrected chi connectivity index (χ2v) is 7.48. The number of phenolic OH excluding ortho intramolecular Hbond substituents is 4. The Hall–Kier alpha value is -5.32. The average molecular weight is 470 g/mol. The van der Waals surface area contributed by atoms with Crippen LogP contribution in [0.25, 0.3) is 33.4 Å². The van der Waals surface area contributed by atoms with Gasteiger partial charge in [0, 0.05) is 12.1 Å². The zero-order valence-electron chi connectivity index (χ0n) is 18.0. The summed E-state index contributed by atoms with van der Waals surface area (Å²) < 4.78 is 0. The van der Waals surface area contributed by atoms with Crippen LogP contribution in [0.3, 0.4) is 0 Å². The molecule has 0 bridgehead atoms. The van der Waals surface area contributed by atoms with E-state index >= 15 is 0 Å². The Morgan fingerprint density at radius 2 is 1.11 bits per heavy atom. The summed E-state index contributed by atoms with van der Waals surface area (Å²) in [5.41, 5.74) is 3.07. The molecule has 0 aliphatic carbocycles. The third-order valence-corrected chi connectivity index (χ3v) is 5.10. The van der Waals surface area contributed by atoms with E-state index in [1.165, 1.54) is 29.1 Å². The van der Waals surface area contributed by atoms with Gasteiger partial charge in [0.1, 0.15) is 34.0 Å². The maximum atomic E-state index is 12.0. The third kappa shape index (κ3) is 4.09. The van der Waals surface area contributed by atoms with Crippen molar-refractivity contribution in [3.8, 4) is 34.4 Å². The summed E-state index contributed by atoms with van der Waals surface area (Å²) in [6.45, 7) is 0. The van der Waals surface area contributed by atoms with E-state index in [4.69, 9.17) is 0 Å². The lowest BCUT2D eigenvalue weighted by Gasteiger charge is -2.05.